The van der Waals surface area contributed by atoms with E-state index in [1.807, 2.05) is 0 Å². The van der Waals surface area contributed by atoms with Crippen LogP contribution in [-0.4, -0.2) is 58.6 Å². The van der Waals surface area contributed by atoms with Gasteiger partial charge in [-0.1, -0.05) is 0 Å². The minimum Gasteiger partial charge on any atom is -0.373 e. The molecule has 82 valence electrons. The fourth-order valence-electron chi connectivity index (χ4n) is 1.51. The molecule has 0 saturated carbocycles. The van der Waals surface area contributed by atoms with Crippen LogP contribution in [0.2, 0.25) is 0 Å². The highest BCUT2D eigenvalue weighted by Gasteiger charge is 2.25. The second-order valence-corrected chi connectivity index (χ2v) is 3.33. The van der Waals surface area contributed by atoms with Crippen LogP contribution in [0.3, 0.4) is 0 Å². The molecule has 1 aliphatic rings. The molecule has 1 atom stereocenters. The molecule has 1 saturated heterocycles. The number of nitrogens with two attached hydrogens (primary N) is 1. The summed E-state index contributed by atoms with van der Waals surface area (Å²) in [7, 11) is 0. The highest BCUT2D eigenvalue weighted by molar-refractivity contribution is 5.91. The molecule has 1 unspecified atom stereocenters. The van der Waals surface area contributed by atoms with Crippen molar-refractivity contribution in [1.82, 2.24) is 20.3 Å². The smallest absolute Gasteiger partial charge is 0.276 e. The zero-order chi connectivity index (χ0) is 10.7. The highest BCUT2D eigenvalue weighted by atomic mass is 16.5. The lowest BCUT2D eigenvalue weighted by molar-refractivity contribution is -0.0169. The monoisotopic (exact) mass is 211 g/mol. The summed E-state index contributed by atoms with van der Waals surface area (Å²) in [5.74, 6) is -0.134. The minimum absolute atomic E-state index is 0.0744. The number of H-pyrrole nitrogens is 1. The van der Waals surface area contributed by atoms with Crippen LogP contribution >= 0.6 is 0 Å². The number of aromatic amines is 1. The molecule has 7 nitrogen and oxygen atoms in total. The van der Waals surface area contributed by atoms with E-state index in [0.29, 0.717) is 31.9 Å². The van der Waals surface area contributed by atoms with Gasteiger partial charge >= 0.3 is 0 Å². The lowest BCUT2D eigenvalue weighted by atomic mass is 10.2. The van der Waals surface area contributed by atoms with Gasteiger partial charge in [0.25, 0.3) is 5.91 Å². The Morgan fingerprint density at radius 1 is 1.80 bits per heavy atom. The summed E-state index contributed by atoms with van der Waals surface area (Å²) < 4.78 is 5.36. The third-order valence-electron chi connectivity index (χ3n) is 2.32. The van der Waals surface area contributed by atoms with Gasteiger partial charge in [-0.05, 0) is 0 Å². The van der Waals surface area contributed by atoms with E-state index in [9.17, 15) is 4.79 Å². The zero-order valence-electron chi connectivity index (χ0n) is 8.22. The van der Waals surface area contributed by atoms with Crippen molar-refractivity contribution in [2.45, 2.75) is 6.10 Å². The topological polar surface area (TPSA) is 97.1 Å². The molecular weight excluding hydrogens is 198 g/mol. The molecule has 1 aromatic heterocycles. The first-order valence-corrected chi connectivity index (χ1v) is 4.78. The molecule has 7 heteroatoms. The number of nitrogens with one attached hydrogen (secondary N) is 1. The maximum atomic E-state index is 11.8. The lowest BCUT2D eigenvalue weighted by Gasteiger charge is -2.31. The van der Waals surface area contributed by atoms with Gasteiger partial charge in [-0.25, -0.2) is 0 Å². The number of carbonyl (C=O) groups is 1. The average Bonchev–Trinajstić information content (AvgIpc) is 2.81. The largest absolute Gasteiger partial charge is 0.373 e. The van der Waals surface area contributed by atoms with Gasteiger partial charge < -0.3 is 15.4 Å². The number of morpholine rings is 1. The third kappa shape index (κ3) is 2.13. The van der Waals surface area contributed by atoms with E-state index >= 15 is 0 Å². The quantitative estimate of drug-likeness (QED) is 0.627. The second-order valence-electron chi connectivity index (χ2n) is 3.33. The van der Waals surface area contributed by atoms with Gasteiger partial charge in [-0.15, -0.1) is 0 Å². The van der Waals surface area contributed by atoms with Crippen molar-refractivity contribution < 1.29 is 9.53 Å². The molecule has 2 rings (SSSR count). The maximum Gasteiger partial charge on any atom is 0.276 e. The van der Waals surface area contributed by atoms with E-state index in [4.69, 9.17) is 10.5 Å². The summed E-state index contributed by atoms with van der Waals surface area (Å²) in [4.78, 5) is 13.5. The number of aromatic nitrogens is 3. The van der Waals surface area contributed by atoms with Crippen LogP contribution < -0.4 is 5.73 Å². The Balaban J connectivity index is 2.01. The molecular formula is C8H13N5O2. The van der Waals surface area contributed by atoms with Gasteiger partial charge in [0.15, 0.2) is 5.69 Å². The number of ether oxygens (including phenoxy) is 1. The van der Waals surface area contributed by atoms with Gasteiger partial charge in [0.05, 0.1) is 18.9 Å². The Hall–Kier alpha value is -1.47. The van der Waals surface area contributed by atoms with Crippen LogP contribution in [0.5, 0.6) is 0 Å². The fourth-order valence-corrected chi connectivity index (χ4v) is 1.51. The van der Waals surface area contributed by atoms with E-state index < -0.39 is 0 Å². The van der Waals surface area contributed by atoms with Crippen molar-refractivity contribution in [2.24, 2.45) is 5.73 Å². The Morgan fingerprint density at radius 3 is 3.33 bits per heavy atom. The summed E-state index contributed by atoms with van der Waals surface area (Å²) in [6, 6.07) is 0. The molecule has 2 heterocycles. The predicted octanol–water partition coefficient (Wildman–Crippen LogP) is -1.40. The predicted molar refractivity (Wildman–Crippen MR) is 51.1 cm³/mol. The Kier molecular flexibility index (Phi) is 2.93. The van der Waals surface area contributed by atoms with E-state index in [1.165, 1.54) is 6.20 Å². The lowest BCUT2D eigenvalue weighted by Crippen LogP contribution is -2.48. The Labute approximate surface area is 86.6 Å². The number of amides is 1. The second kappa shape index (κ2) is 4.37. The van der Waals surface area contributed by atoms with E-state index in [2.05, 4.69) is 15.4 Å². The van der Waals surface area contributed by atoms with Crippen molar-refractivity contribution in [3.8, 4) is 0 Å². The summed E-state index contributed by atoms with van der Waals surface area (Å²) >= 11 is 0. The first kappa shape index (κ1) is 10.1. The third-order valence-corrected chi connectivity index (χ3v) is 2.32. The minimum atomic E-state index is -0.134. The average molecular weight is 211 g/mol. The van der Waals surface area contributed by atoms with Crippen molar-refractivity contribution in [2.75, 3.05) is 26.2 Å². The fraction of sp³-hybridized carbons (Fsp3) is 0.625. The number of carbonyl (C=O) groups excluding carboxylic acids is 1. The van der Waals surface area contributed by atoms with Crippen LogP contribution in [0.15, 0.2) is 6.20 Å². The van der Waals surface area contributed by atoms with Crippen molar-refractivity contribution >= 4 is 5.91 Å². The normalized spacial score (nSPS) is 21.7. The first-order chi connectivity index (χ1) is 7.31. The molecule has 1 amide bonds. The van der Waals surface area contributed by atoms with Crippen LogP contribution in [0, 0.1) is 0 Å². The Bertz CT molecular complexity index is 326. The molecule has 0 spiro atoms. The van der Waals surface area contributed by atoms with E-state index in [-0.39, 0.29) is 12.0 Å². The van der Waals surface area contributed by atoms with Crippen molar-refractivity contribution in [3.05, 3.63) is 11.9 Å². The van der Waals surface area contributed by atoms with Crippen LogP contribution in [0.1, 0.15) is 10.5 Å². The first-order valence-electron chi connectivity index (χ1n) is 4.78. The molecule has 3 N–H and O–H groups in total. The SMILES string of the molecule is NCC1CN(C(=O)c2cn[nH]n2)CCO1. The summed E-state index contributed by atoms with van der Waals surface area (Å²) in [5, 5.41) is 9.75. The number of hydrogen-bond donors (Lipinski definition) is 2. The van der Waals surface area contributed by atoms with Gasteiger partial charge in [-0.2, -0.15) is 15.4 Å². The number of rotatable bonds is 2. The van der Waals surface area contributed by atoms with E-state index in [1.54, 1.807) is 4.90 Å². The summed E-state index contributed by atoms with van der Waals surface area (Å²) in [6.45, 7) is 2.03. The van der Waals surface area contributed by atoms with Gasteiger partial charge in [0.2, 0.25) is 0 Å². The van der Waals surface area contributed by atoms with Crippen LogP contribution in [0.4, 0.5) is 0 Å². The van der Waals surface area contributed by atoms with Gasteiger partial charge in [0.1, 0.15) is 0 Å². The molecule has 0 aliphatic carbocycles. The molecule has 1 aliphatic heterocycles. The molecule has 0 radical (unpaired) electrons. The number of hydrogen-bond acceptors (Lipinski definition) is 5. The van der Waals surface area contributed by atoms with Crippen molar-refractivity contribution in [1.29, 1.82) is 0 Å². The molecule has 0 bridgehead atoms. The van der Waals surface area contributed by atoms with Crippen LogP contribution in [-0.2, 0) is 4.74 Å². The maximum absolute atomic E-state index is 11.8. The van der Waals surface area contributed by atoms with Crippen molar-refractivity contribution in [3.63, 3.8) is 0 Å². The highest BCUT2D eigenvalue weighted by Crippen LogP contribution is 2.07. The van der Waals surface area contributed by atoms with Gasteiger partial charge in [-0.3, -0.25) is 4.79 Å². The van der Waals surface area contributed by atoms with Gasteiger partial charge in [0, 0.05) is 19.6 Å². The standard InChI is InChI=1S/C8H13N5O2/c9-3-6-5-13(1-2-15-6)8(14)7-4-10-12-11-7/h4,6H,1-3,5,9H2,(H,10,11,12). The number of nitrogens with zero attached hydrogens (tertiary/aromatic N) is 3. The van der Waals surface area contributed by atoms with Crippen LogP contribution in [0.25, 0.3) is 0 Å². The summed E-state index contributed by atoms with van der Waals surface area (Å²) in [6.07, 6.45) is 1.34. The molecule has 0 aromatic carbocycles. The molecule has 15 heavy (non-hydrogen) atoms. The summed E-state index contributed by atoms with van der Waals surface area (Å²) in [5.41, 5.74) is 5.81. The molecule has 1 fully saturated rings. The molecule has 1 aromatic rings. The van der Waals surface area contributed by atoms with E-state index in [0.717, 1.165) is 0 Å². The Morgan fingerprint density at radius 2 is 2.67 bits per heavy atom. The zero-order valence-corrected chi connectivity index (χ0v) is 8.22.